The maximum absolute atomic E-state index is 12.7. The molecule has 0 bridgehead atoms. The lowest BCUT2D eigenvalue weighted by molar-refractivity contribution is -0.118. The number of amides is 2. The summed E-state index contributed by atoms with van der Waals surface area (Å²) in [5, 5.41) is 5.67. The van der Waals surface area contributed by atoms with Gasteiger partial charge in [0.15, 0.2) is 6.61 Å². The van der Waals surface area contributed by atoms with Crippen molar-refractivity contribution in [3.63, 3.8) is 0 Å². The summed E-state index contributed by atoms with van der Waals surface area (Å²) in [5.41, 5.74) is 1.99. The van der Waals surface area contributed by atoms with Crippen LogP contribution in [-0.4, -0.2) is 51.8 Å². The van der Waals surface area contributed by atoms with Gasteiger partial charge in [0.1, 0.15) is 5.75 Å². The summed E-state index contributed by atoms with van der Waals surface area (Å²) in [6.07, 6.45) is 2.22. The molecule has 2 aromatic carbocycles. The highest BCUT2D eigenvalue weighted by Crippen LogP contribution is 2.27. The van der Waals surface area contributed by atoms with Gasteiger partial charge in [-0.3, -0.25) is 9.59 Å². The van der Waals surface area contributed by atoms with Crippen molar-refractivity contribution in [3.05, 3.63) is 54.1 Å². The Morgan fingerprint density at radius 2 is 1.83 bits per heavy atom. The summed E-state index contributed by atoms with van der Waals surface area (Å²) < 4.78 is 10.5. The minimum Gasteiger partial charge on any atom is -0.484 e. The first-order valence-electron chi connectivity index (χ1n) is 9.81. The van der Waals surface area contributed by atoms with Crippen molar-refractivity contribution < 1.29 is 19.1 Å². The van der Waals surface area contributed by atoms with Crippen molar-refractivity contribution in [2.45, 2.75) is 12.8 Å². The van der Waals surface area contributed by atoms with Gasteiger partial charge >= 0.3 is 0 Å². The van der Waals surface area contributed by atoms with Crippen molar-refractivity contribution in [2.75, 3.05) is 50.2 Å². The average molecular weight is 397 g/mol. The number of methoxy groups -OCH3 is 1. The molecule has 1 aliphatic rings. The van der Waals surface area contributed by atoms with Crippen molar-refractivity contribution in [1.82, 2.24) is 5.32 Å². The third kappa shape index (κ3) is 5.96. The third-order valence-corrected chi connectivity index (χ3v) is 4.68. The van der Waals surface area contributed by atoms with Gasteiger partial charge in [-0.15, -0.1) is 0 Å². The van der Waals surface area contributed by atoms with Crippen LogP contribution in [0.25, 0.3) is 0 Å². The molecule has 0 unspecified atom stereocenters. The lowest BCUT2D eigenvalue weighted by Crippen LogP contribution is -2.30. The molecule has 7 heteroatoms. The zero-order chi connectivity index (χ0) is 20.5. The van der Waals surface area contributed by atoms with E-state index in [1.807, 2.05) is 30.3 Å². The molecule has 29 heavy (non-hydrogen) atoms. The predicted molar refractivity (Wildman–Crippen MR) is 113 cm³/mol. The largest absolute Gasteiger partial charge is 0.484 e. The topological polar surface area (TPSA) is 79.9 Å². The first-order valence-corrected chi connectivity index (χ1v) is 9.81. The lowest BCUT2D eigenvalue weighted by atomic mass is 10.1. The van der Waals surface area contributed by atoms with Gasteiger partial charge in [0.2, 0.25) is 0 Å². The van der Waals surface area contributed by atoms with Crippen molar-refractivity contribution in [3.8, 4) is 5.75 Å². The van der Waals surface area contributed by atoms with E-state index in [2.05, 4.69) is 15.5 Å². The van der Waals surface area contributed by atoms with E-state index in [-0.39, 0.29) is 18.4 Å². The number of carbonyl (C=O) groups excluding carboxylic acids is 2. The second-order valence-electron chi connectivity index (χ2n) is 6.82. The summed E-state index contributed by atoms with van der Waals surface area (Å²) >= 11 is 0. The van der Waals surface area contributed by atoms with E-state index >= 15 is 0 Å². The monoisotopic (exact) mass is 397 g/mol. The number of para-hydroxylation sites is 1. The minimum atomic E-state index is -0.284. The van der Waals surface area contributed by atoms with Crippen LogP contribution in [-0.2, 0) is 9.53 Å². The van der Waals surface area contributed by atoms with E-state index in [1.165, 1.54) is 0 Å². The van der Waals surface area contributed by atoms with E-state index in [0.717, 1.165) is 31.6 Å². The van der Waals surface area contributed by atoms with Gasteiger partial charge in [-0.1, -0.05) is 18.2 Å². The molecule has 1 heterocycles. The highest BCUT2D eigenvalue weighted by atomic mass is 16.5. The van der Waals surface area contributed by atoms with Crippen LogP contribution in [0.5, 0.6) is 5.75 Å². The molecule has 1 fully saturated rings. The maximum Gasteiger partial charge on any atom is 0.262 e. The Balaban J connectivity index is 1.68. The number of carbonyl (C=O) groups is 2. The molecular weight excluding hydrogens is 370 g/mol. The molecule has 0 aliphatic carbocycles. The Kier molecular flexibility index (Phi) is 7.47. The zero-order valence-electron chi connectivity index (χ0n) is 16.6. The van der Waals surface area contributed by atoms with Gasteiger partial charge in [0, 0.05) is 38.1 Å². The molecule has 3 rings (SSSR count). The number of hydrogen-bond donors (Lipinski definition) is 2. The number of anilines is 2. The molecule has 0 spiro atoms. The number of nitrogens with one attached hydrogen (secondary N) is 2. The molecule has 1 saturated heterocycles. The summed E-state index contributed by atoms with van der Waals surface area (Å²) in [6, 6.07) is 14.6. The number of nitrogens with zero attached hydrogens (tertiary/aromatic N) is 1. The molecule has 0 saturated carbocycles. The van der Waals surface area contributed by atoms with Crippen LogP contribution in [0.3, 0.4) is 0 Å². The van der Waals surface area contributed by atoms with Crippen LogP contribution in [0.1, 0.15) is 23.2 Å². The van der Waals surface area contributed by atoms with Crippen LogP contribution < -0.4 is 20.3 Å². The maximum atomic E-state index is 12.7. The zero-order valence-corrected chi connectivity index (χ0v) is 16.6. The molecule has 7 nitrogen and oxygen atoms in total. The number of hydrogen-bond acceptors (Lipinski definition) is 5. The molecule has 2 N–H and O–H groups in total. The van der Waals surface area contributed by atoms with Gasteiger partial charge in [-0.2, -0.15) is 0 Å². The van der Waals surface area contributed by atoms with Gasteiger partial charge in [0.05, 0.1) is 12.2 Å². The fourth-order valence-electron chi connectivity index (χ4n) is 3.25. The summed E-state index contributed by atoms with van der Waals surface area (Å²) in [4.78, 5) is 27.2. The van der Waals surface area contributed by atoms with Crippen LogP contribution in [0.15, 0.2) is 48.5 Å². The second-order valence-corrected chi connectivity index (χ2v) is 6.82. The highest BCUT2D eigenvalue weighted by Gasteiger charge is 2.20. The van der Waals surface area contributed by atoms with E-state index < -0.39 is 0 Å². The highest BCUT2D eigenvalue weighted by molar-refractivity contribution is 6.02. The minimum absolute atomic E-state index is 0.104. The molecule has 154 valence electrons. The van der Waals surface area contributed by atoms with Crippen LogP contribution >= 0.6 is 0 Å². The Hall–Kier alpha value is -3.06. The van der Waals surface area contributed by atoms with Crippen molar-refractivity contribution in [1.29, 1.82) is 0 Å². The first-order chi connectivity index (χ1) is 14.2. The summed E-state index contributed by atoms with van der Waals surface area (Å²) in [5.74, 6) is 0.166. The normalized spacial score (nSPS) is 13.2. The standard InChI is InChI=1S/C22H27N3O4/c1-28-14-11-23-22(27)19-15-17(9-10-20(19)25-12-5-6-13-25)24-21(26)16-29-18-7-3-2-4-8-18/h2-4,7-10,15H,5-6,11-14,16H2,1H3,(H,23,27)(H,24,26). The Labute approximate surface area is 171 Å². The number of ether oxygens (including phenoxy) is 2. The average Bonchev–Trinajstić information content (AvgIpc) is 3.28. The SMILES string of the molecule is COCCNC(=O)c1cc(NC(=O)COc2ccccc2)ccc1N1CCCC1. The van der Waals surface area contributed by atoms with Gasteiger partial charge in [0.25, 0.3) is 11.8 Å². The third-order valence-electron chi connectivity index (χ3n) is 4.68. The quantitative estimate of drug-likeness (QED) is 0.636. The van der Waals surface area contributed by atoms with E-state index in [1.54, 1.807) is 25.3 Å². The van der Waals surface area contributed by atoms with Crippen LogP contribution in [0.4, 0.5) is 11.4 Å². The Morgan fingerprint density at radius 1 is 1.07 bits per heavy atom. The van der Waals surface area contributed by atoms with Crippen LogP contribution in [0.2, 0.25) is 0 Å². The summed E-state index contributed by atoms with van der Waals surface area (Å²) in [7, 11) is 1.59. The first kappa shape index (κ1) is 20.7. The van der Waals surface area contributed by atoms with Gasteiger partial charge < -0.3 is 25.0 Å². The molecule has 1 aliphatic heterocycles. The van der Waals surface area contributed by atoms with Gasteiger partial charge in [-0.05, 0) is 43.2 Å². The Bertz CT molecular complexity index is 820. The smallest absolute Gasteiger partial charge is 0.262 e. The summed E-state index contributed by atoms with van der Waals surface area (Å²) in [6.45, 7) is 2.62. The Morgan fingerprint density at radius 3 is 2.55 bits per heavy atom. The molecule has 0 aromatic heterocycles. The predicted octanol–water partition coefficient (Wildman–Crippen LogP) is 2.68. The van der Waals surface area contributed by atoms with E-state index in [0.29, 0.717) is 30.2 Å². The second kappa shape index (κ2) is 10.5. The molecular formula is C22H27N3O4. The van der Waals surface area contributed by atoms with E-state index in [9.17, 15) is 9.59 Å². The fourth-order valence-corrected chi connectivity index (χ4v) is 3.25. The van der Waals surface area contributed by atoms with Crippen LogP contribution in [0, 0.1) is 0 Å². The number of rotatable bonds is 9. The molecule has 2 amide bonds. The van der Waals surface area contributed by atoms with Crippen molar-refractivity contribution in [2.24, 2.45) is 0 Å². The van der Waals surface area contributed by atoms with Gasteiger partial charge in [-0.25, -0.2) is 0 Å². The fraction of sp³-hybridized carbons (Fsp3) is 0.364. The molecule has 0 radical (unpaired) electrons. The molecule has 0 atom stereocenters. The molecule has 2 aromatic rings. The number of benzene rings is 2. The van der Waals surface area contributed by atoms with Crippen molar-refractivity contribution >= 4 is 23.2 Å². The van der Waals surface area contributed by atoms with E-state index in [4.69, 9.17) is 9.47 Å². The lowest BCUT2D eigenvalue weighted by Gasteiger charge is -2.22.